The van der Waals surface area contributed by atoms with Crippen molar-refractivity contribution in [2.75, 3.05) is 5.01 Å². The van der Waals surface area contributed by atoms with Gasteiger partial charge in [0.1, 0.15) is 11.5 Å². The van der Waals surface area contributed by atoms with Crippen molar-refractivity contribution in [3.63, 3.8) is 0 Å². The minimum Gasteiger partial charge on any atom is -0.476 e. The molecule has 0 fully saturated rings. The number of carboxylic acid groups (broad SMARTS) is 1. The zero-order chi connectivity index (χ0) is 16.8. The first-order valence-electron chi connectivity index (χ1n) is 6.12. The van der Waals surface area contributed by atoms with Gasteiger partial charge in [-0.2, -0.15) is 23.3 Å². The summed E-state index contributed by atoms with van der Waals surface area (Å²) < 4.78 is 45.0. The van der Waals surface area contributed by atoms with Gasteiger partial charge in [0.2, 0.25) is 5.13 Å². The fraction of sp³-hybridized carbons (Fsp3) is 0.250. The Hall–Kier alpha value is -2.40. The summed E-state index contributed by atoms with van der Waals surface area (Å²) in [6.45, 7) is 0. The summed E-state index contributed by atoms with van der Waals surface area (Å²) in [4.78, 5) is 14.4. The molecule has 0 unspecified atom stereocenters. The van der Waals surface area contributed by atoms with Crippen molar-refractivity contribution in [3.05, 3.63) is 35.2 Å². The Morgan fingerprint density at radius 1 is 1.48 bits per heavy atom. The van der Waals surface area contributed by atoms with Gasteiger partial charge in [0.15, 0.2) is 5.69 Å². The maximum Gasteiger partial charge on any atom is 0.438 e. The molecule has 122 valence electrons. The lowest BCUT2D eigenvalue weighted by molar-refractivity contribution is -0.254. The lowest BCUT2D eigenvalue weighted by Crippen LogP contribution is -2.55. The van der Waals surface area contributed by atoms with Gasteiger partial charge in [0, 0.05) is 5.38 Å². The molecule has 1 atom stereocenters. The van der Waals surface area contributed by atoms with Crippen LogP contribution in [0.5, 0.6) is 0 Å². The maximum absolute atomic E-state index is 13.3. The number of hydrogen-bond donors (Lipinski definition) is 2. The number of aromatic carboxylic acids is 1. The number of rotatable bonds is 3. The molecule has 3 heterocycles. The molecular formula is C12H8F3N3O4S. The molecule has 11 heteroatoms. The van der Waals surface area contributed by atoms with E-state index < -0.39 is 30.0 Å². The predicted octanol–water partition coefficient (Wildman–Crippen LogP) is 2.30. The third kappa shape index (κ3) is 2.47. The van der Waals surface area contributed by atoms with Crippen LogP contribution >= 0.6 is 11.3 Å². The van der Waals surface area contributed by atoms with Gasteiger partial charge in [-0.25, -0.2) is 9.78 Å². The van der Waals surface area contributed by atoms with Crippen molar-refractivity contribution in [2.24, 2.45) is 5.10 Å². The highest BCUT2D eigenvalue weighted by molar-refractivity contribution is 7.14. The molecule has 0 radical (unpaired) electrons. The predicted molar refractivity (Wildman–Crippen MR) is 72.4 cm³/mol. The maximum atomic E-state index is 13.3. The second-order valence-corrected chi connectivity index (χ2v) is 5.48. The van der Waals surface area contributed by atoms with Gasteiger partial charge in [0.05, 0.1) is 12.7 Å². The van der Waals surface area contributed by atoms with Crippen LogP contribution < -0.4 is 5.01 Å². The Bertz CT molecular complexity index is 771. The third-order valence-electron chi connectivity index (χ3n) is 3.14. The molecule has 0 amide bonds. The Kier molecular flexibility index (Phi) is 3.41. The zero-order valence-corrected chi connectivity index (χ0v) is 11.9. The fourth-order valence-electron chi connectivity index (χ4n) is 2.01. The average Bonchev–Trinajstić information content (AvgIpc) is 3.16. The van der Waals surface area contributed by atoms with E-state index in [0.717, 1.165) is 5.38 Å². The number of hydrogen-bond acceptors (Lipinski definition) is 7. The molecule has 2 aromatic heterocycles. The van der Waals surface area contributed by atoms with Crippen LogP contribution in [0.4, 0.5) is 18.3 Å². The van der Waals surface area contributed by atoms with Crippen molar-refractivity contribution < 1.29 is 32.6 Å². The number of furan rings is 1. The van der Waals surface area contributed by atoms with E-state index in [1.165, 1.54) is 18.4 Å². The molecule has 0 saturated carbocycles. The molecule has 0 spiro atoms. The van der Waals surface area contributed by atoms with Crippen molar-refractivity contribution in [1.29, 1.82) is 0 Å². The summed E-state index contributed by atoms with van der Waals surface area (Å²) in [6, 6.07) is 2.88. The second kappa shape index (κ2) is 5.06. The van der Waals surface area contributed by atoms with E-state index in [1.54, 1.807) is 0 Å². The van der Waals surface area contributed by atoms with E-state index in [4.69, 9.17) is 9.52 Å². The van der Waals surface area contributed by atoms with E-state index in [2.05, 4.69) is 10.1 Å². The van der Waals surface area contributed by atoms with Crippen molar-refractivity contribution in [1.82, 2.24) is 4.98 Å². The zero-order valence-electron chi connectivity index (χ0n) is 11.1. The highest BCUT2D eigenvalue weighted by Crippen LogP contribution is 2.44. The molecule has 0 aromatic carbocycles. The van der Waals surface area contributed by atoms with E-state index >= 15 is 0 Å². The van der Waals surface area contributed by atoms with Crippen LogP contribution in [0, 0.1) is 0 Å². The Morgan fingerprint density at radius 3 is 2.74 bits per heavy atom. The molecule has 0 saturated heterocycles. The van der Waals surface area contributed by atoms with Crippen LogP contribution in [-0.2, 0) is 0 Å². The molecule has 2 N–H and O–H groups in total. The van der Waals surface area contributed by atoms with E-state index in [0.29, 0.717) is 11.3 Å². The number of carbonyl (C=O) groups is 1. The van der Waals surface area contributed by atoms with Crippen molar-refractivity contribution >= 4 is 28.1 Å². The molecule has 0 bridgehead atoms. The molecule has 23 heavy (non-hydrogen) atoms. The third-order valence-corrected chi connectivity index (χ3v) is 3.95. The standard InChI is InChI=1S/C12H8F3N3O4S/c13-12(14,15)11(21)4-6(8-2-1-3-22-8)17-18(11)10-16-7(5-23-10)9(19)20/h1-3,5,21H,4H2,(H,19,20)/t11-/m1/s1. The fourth-order valence-corrected chi connectivity index (χ4v) is 2.82. The normalized spacial score (nSPS) is 21.6. The minimum atomic E-state index is -5.04. The number of aromatic nitrogens is 1. The summed E-state index contributed by atoms with van der Waals surface area (Å²) in [5.41, 5.74) is -3.89. The SMILES string of the molecule is O=C(O)c1csc(N2N=C(c3ccco3)C[C@@]2(O)C(F)(F)F)n1. The van der Waals surface area contributed by atoms with Gasteiger partial charge in [0.25, 0.3) is 5.72 Å². The molecule has 1 aliphatic heterocycles. The number of alkyl halides is 3. The van der Waals surface area contributed by atoms with Crippen molar-refractivity contribution in [3.8, 4) is 0 Å². The molecule has 0 aliphatic carbocycles. The molecule has 2 aromatic rings. The number of hydrazone groups is 1. The van der Waals surface area contributed by atoms with Crippen LogP contribution in [0.2, 0.25) is 0 Å². The van der Waals surface area contributed by atoms with E-state index in [9.17, 15) is 23.1 Å². The summed E-state index contributed by atoms with van der Waals surface area (Å²) in [5.74, 6) is -1.32. The average molecular weight is 347 g/mol. The Labute approximate surface area is 130 Å². The highest BCUT2D eigenvalue weighted by Gasteiger charge is 2.63. The number of anilines is 1. The Morgan fingerprint density at radius 2 is 2.22 bits per heavy atom. The van der Waals surface area contributed by atoms with Gasteiger partial charge in [-0.05, 0) is 12.1 Å². The van der Waals surface area contributed by atoms with Gasteiger partial charge in [-0.15, -0.1) is 11.3 Å². The van der Waals surface area contributed by atoms with Gasteiger partial charge >= 0.3 is 12.1 Å². The van der Waals surface area contributed by atoms with Crippen LogP contribution in [0.25, 0.3) is 0 Å². The summed E-state index contributed by atoms with van der Waals surface area (Å²) in [6.07, 6.45) is -4.65. The van der Waals surface area contributed by atoms with Crippen LogP contribution in [0.15, 0.2) is 33.3 Å². The highest BCUT2D eigenvalue weighted by atomic mass is 32.1. The summed E-state index contributed by atoms with van der Waals surface area (Å²) >= 11 is 0.629. The molecule has 7 nitrogen and oxygen atoms in total. The van der Waals surface area contributed by atoms with Gasteiger partial charge < -0.3 is 14.6 Å². The first-order chi connectivity index (χ1) is 10.7. The molecular weight excluding hydrogens is 339 g/mol. The number of halogens is 3. The number of thiazole rings is 1. The lowest BCUT2D eigenvalue weighted by atomic mass is 10.1. The largest absolute Gasteiger partial charge is 0.476 e. The van der Waals surface area contributed by atoms with Gasteiger partial charge in [-0.3, -0.25) is 0 Å². The first kappa shape index (κ1) is 15.5. The smallest absolute Gasteiger partial charge is 0.438 e. The number of carboxylic acids is 1. The van der Waals surface area contributed by atoms with E-state index in [-0.39, 0.29) is 21.6 Å². The molecule has 3 rings (SSSR count). The van der Waals surface area contributed by atoms with Crippen LogP contribution in [-0.4, -0.2) is 38.8 Å². The minimum absolute atomic E-state index is 0.0742. The Balaban J connectivity index is 2.06. The topological polar surface area (TPSA) is 99.2 Å². The molecule has 1 aliphatic rings. The number of aliphatic hydroxyl groups is 1. The van der Waals surface area contributed by atoms with Crippen LogP contribution in [0.3, 0.4) is 0 Å². The van der Waals surface area contributed by atoms with E-state index in [1.807, 2.05) is 0 Å². The number of nitrogens with zero attached hydrogens (tertiary/aromatic N) is 3. The summed E-state index contributed by atoms with van der Waals surface area (Å²) in [5, 5.41) is 23.6. The van der Waals surface area contributed by atoms with Gasteiger partial charge in [-0.1, -0.05) is 0 Å². The monoisotopic (exact) mass is 347 g/mol. The second-order valence-electron chi connectivity index (χ2n) is 4.65. The quantitative estimate of drug-likeness (QED) is 0.884. The van der Waals surface area contributed by atoms with Crippen molar-refractivity contribution in [2.45, 2.75) is 18.3 Å². The first-order valence-corrected chi connectivity index (χ1v) is 7.00. The summed E-state index contributed by atoms with van der Waals surface area (Å²) in [7, 11) is 0. The lowest BCUT2D eigenvalue weighted by Gasteiger charge is -2.32. The van der Waals surface area contributed by atoms with Crippen LogP contribution in [0.1, 0.15) is 22.7 Å².